The Labute approximate surface area is 229 Å². The van der Waals surface area contributed by atoms with Gasteiger partial charge in [-0.05, 0) is 71.6 Å². The van der Waals surface area contributed by atoms with Gasteiger partial charge in [0.1, 0.15) is 5.75 Å². The normalized spacial score (nSPS) is 11.8. The minimum atomic E-state index is -0.984. The Balaban J connectivity index is 1.43. The fourth-order valence-electron chi connectivity index (χ4n) is 4.41. The van der Waals surface area contributed by atoms with Crippen molar-refractivity contribution in [3.63, 3.8) is 0 Å². The van der Waals surface area contributed by atoms with Gasteiger partial charge in [-0.15, -0.1) is 0 Å². The van der Waals surface area contributed by atoms with Gasteiger partial charge in [0.2, 0.25) is 0 Å². The van der Waals surface area contributed by atoms with E-state index in [0.717, 1.165) is 45.3 Å². The lowest BCUT2D eigenvalue weighted by Crippen LogP contribution is -2.26. The first-order valence-corrected chi connectivity index (χ1v) is 13.2. The van der Waals surface area contributed by atoms with Crippen molar-refractivity contribution in [2.45, 2.75) is 39.3 Å². The van der Waals surface area contributed by atoms with Crippen molar-refractivity contribution < 1.29 is 24.2 Å². The number of carbonyl (C=O) groups is 2. The molecule has 1 amide bonds. The first kappa shape index (κ1) is 27.8. The molecule has 4 aromatic rings. The van der Waals surface area contributed by atoms with Crippen molar-refractivity contribution in [2.24, 2.45) is 0 Å². The van der Waals surface area contributed by atoms with Crippen molar-refractivity contribution in [3.05, 3.63) is 95.7 Å². The lowest BCUT2D eigenvalue weighted by Gasteiger charge is -2.18. The Hall–Kier alpha value is -4.23. The van der Waals surface area contributed by atoms with Crippen LogP contribution in [0.4, 0.5) is 0 Å². The molecule has 0 saturated heterocycles. The number of nitrogens with zero attached hydrogens (tertiary/aromatic N) is 2. The fraction of sp³-hybridized carbons (Fsp3) is 0.281. The van der Waals surface area contributed by atoms with Gasteiger partial charge in [-0.1, -0.05) is 43.3 Å². The van der Waals surface area contributed by atoms with Crippen LogP contribution < -0.4 is 4.74 Å². The third-order valence-electron chi connectivity index (χ3n) is 6.41. The van der Waals surface area contributed by atoms with E-state index in [1.807, 2.05) is 72.8 Å². The number of carbonyl (C=O) groups excluding carboxylic acids is 1. The zero-order valence-corrected chi connectivity index (χ0v) is 22.6. The topological polar surface area (TPSA) is 89.0 Å². The number of aromatic nitrogens is 1. The Kier molecular flexibility index (Phi) is 9.28. The van der Waals surface area contributed by atoms with E-state index in [9.17, 15) is 14.7 Å². The van der Waals surface area contributed by atoms with Crippen LogP contribution in [-0.2, 0) is 22.5 Å². The van der Waals surface area contributed by atoms with Crippen LogP contribution in [0.5, 0.6) is 5.75 Å². The van der Waals surface area contributed by atoms with Gasteiger partial charge < -0.3 is 19.5 Å². The van der Waals surface area contributed by atoms with Crippen molar-refractivity contribution in [2.75, 3.05) is 20.3 Å². The van der Waals surface area contributed by atoms with E-state index in [2.05, 4.69) is 11.9 Å². The van der Waals surface area contributed by atoms with E-state index >= 15 is 0 Å². The molecule has 3 aromatic carbocycles. The molecular formula is C32H34N2O5. The number of aliphatic carboxylic acids is 1. The number of fused-ring (bicyclic) bond motifs is 1. The van der Waals surface area contributed by atoms with Crippen LogP contribution in [0, 0.1) is 0 Å². The van der Waals surface area contributed by atoms with Crippen LogP contribution in [-0.4, -0.2) is 53.2 Å². The number of benzene rings is 3. The molecule has 1 aromatic heterocycles. The lowest BCUT2D eigenvalue weighted by atomic mass is 10.0. The SMILES string of the molecule is CCCOc1ccc2cc(C(=O)N(C)Cc3cccc(-c4ccc(CC(OCC)C(=O)O)cn4)c3)ccc2c1. The number of carboxylic acids is 1. The smallest absolute Gasteiger partial charge is 0.333 e. The van der Waals surface area contributed by atoms with Crippen LogP contribution in [0.25, 0.3) is 22.0 Å². The maximum atomic E-state index is 13.2. The molecule has 7 heteroatoms. The van der Waals surface area contributed by atoms with E-state index in [1.54, 1.807) is 25.1 Å². The molecule has 0 aliphatic heterocycles. The van der Waals surface area contributed by atoms with Gasteiger partial charge in [-0.2, -0.15) is 0 Å². The number of rotatable bonds is 12. The number of carboxylic acid groups (broad SMARTS) is 1. The maximum Gasteiger partial charge on any atom is 0.333 e. The van der Waals surface area contributed by atoms with E-state index in [-0.39, 0.29) is 12.3 Å². The van der Waals surface area contributed by atoms with Crippen LogP contribution in [0.3, 0.4) is 0 Å². The lowest BCUT2D eigenvalue weighted by molar-refractivity contribution is -0.149. The van der Waals surface area contributed by atoms with Gasteiger partial charge in [-0.25, -0.2) is 4.79 Å². The van der Waals surface area contributed by atoms with E-state index in [4.69, 9.17) is 9.47 Å². The molecule has 1 heterocycles. The Morgan fingerprint density at radius 2 is 1.74 bits per heavy atom. The van der Waals surface area contributed by atoms with Crippen molar-refractivity contribution in [3.8, 4) is 17.0 Å². The van der Waals surface area contributed by atoms with Gasteiger partial charge in [0, 0.05) is 43.9 Å². The standard InChI is InChI=1S/C32H34N2O5/c1-4-15-39-28-13-12-24-18-27(11-10-25(24)19-28)31(35)34(3)21-23-7-6-8-26(16-23)29-14-9-22(20-33-29)17-30(32(36)37)38-5-2/h6-14,16,18-20,30H,4-5,15,17,21H2,1-3H3,(H,36,37). The second-order valence-electron chi connectivity index (χ2n) is 9.47. The minimum absolute atomic E-state index is 0.0571. The molecule has 1 N–H and O–H groups in total. The van der Waals surface area contributed by atoms with Gasteiger partial charge in [0.05, 0.1) is 12.3 Å². The van der Waals surface area contributed by atoms with Crippen LogP contribution in [0.2, 0.25) is 0 Å². The average molecular weight is 527 g/mol. The molecule has 1 atom stereocenters. The second kappa shape index (κ2) is 13.0. The summed E-state index contributed by atoms with van der Waals surface area (Å²) < 4.78 is 11.0. The van der Waals surface area contributed by atoms with Crippen LogP contribution >= 0.6 is 0 Å². The first-order valence-electron chi connectivity index (χ1n) is 13.2. The predicted octanol–water partition coefficient (Wildman–Crippen LogP) is 6.00. The molecule has 1 unspecified atom stereocenters. The summed E-state index contributed by atoms with van der Waals surface area (Å²) in [6, 6.07) is 23.3. The fourth-order valence-corrected chi connectivity index (χ4v) is 4.41. The zero-order chi connectivity index (χ0) is 27.8. The third-order valence-corrected chi connectivity index (χ3v) is 6.41. The molecule has 7 nitrogen and oxygen atoms in total. The number of ether oxygens (including phenoxy) is 2. The van der Waals surface area contributed by atoms with Crippen LogP contribution in [0.1, 0.15) is 41.8 Å². The summed E-state index contributed by atoms with van der Waals surface area (Å²) >= 11 is 0. The highest BCUT2D eigenvalue weighted by atomic mass is 16.5. The van der Waals surface area contributed by atoms with Gasteiger partial charge in [0.15, 0.2) is 6.10 Å². The van der Waals surface area contributed by atoms with Gasteiger partial charge >= 0.3 is 5.97 Å². The second-order valence-corrected chi connectivity index (χ2v) is 9.47. The summed E-state index contributed by atoms with van der Waals surface area (Å²) in [5.74, 6) is -0.208. The molecular weight excluding hydrogens is 492 g/mol. The van der Waals surface area contributed by atoms with Gasteiger partial charge in [0.25, 0.3) is 5.91 Å². The van der Waals surface area contributed by atoms with Crippen molar-refractivity contribution in [1.82, 2.24) is 9.88 Å². The number of amides is 1. The molecule has 0 fully saturated rings. The average Bonchev–Trinajstić information content (AvgIpc) is 2.95. The summed E-state index contributed by atoms with van der Waals surface area (Å²) in [5.41, 5.74) is 4.10. The summed E-state index contributed by atoms with van der Waals surface area (Å²) in [7, 11) is 1.80. The monoisotopic (exact) mass is 526 g/mol. The van der Waals surface area contributed by atoms with E-state index < -0.39 is 12.1 Å². The molecule has 0 spiro atoms. The Bertz CT molecular complexity index is 1430. The molecule has 0 bridgehead atoms. The highest BCUT2D eigenvalue weighted by Crippen LogP contribution is 2.24. The largest absolute Gasteiger partial charge is 0.494 e. The summed E-state index contributed by atoms with van der Waals surface area (Å²) in [4.78, 5) is 30.8. The highest BCUT2D eigenvalue weighted by molar-refractivity contribution is 5.98. The van der Waals surface area contributed by atoms with E-state index in [0.29, 0.717) is 25.3 Å². The molecule has 0 saturated carbocycles. The predicted molar refractivity (Wildman–Crippen MR) is 152 cm³/mol. The summed E-state index contributed by atoms with van der Waals surface area (Å²) in [5, 5.41) is 11.3. The molecule has 0 radical (unpaired) electrons. The van der Waals surface area contributed by atoms with Crippen molar-refractivity contribution >= 4 is 22.6 Å². The molecule has 202 valence electrons. The first-order chi connectivity index (χ1) is 18.9. The summed E-state index contributed by atoms with van der Waals surface area (Å²) in [6.07, 6.45) is 2.00. The maximum absolute atomic E-state index is 13.2. The third kappa shape index (κ3) is 7.21. The summed E-state index contributed by atoms with van der Waals surface area (Å²) in [6.45, 7) is 5.31. The number of pyridine rings is 1. The molecule has 4 rings (SSSR count). The highest BCUT2D eigenvalue weighted by Gasteiger charge is 2.18. The van der Waals surface area contributed by atoms with Crippen molar-refractivity contribution in [1.29, 1.82) is 0 Å². The number of hydrogen-bond acceptors (Lipinski definition) is 5. The number of hydrogen-bond donors (Lipinski definition) is 1. The Morgan fingerprint density at radius 3 is 2.46 bits per heavy atom. The quantitative estimate of drug-likeness (QED) is 0.244. The Morgan fingerprint density at radius 1 is 0.949 bits per heavy atom. The molecule has 39 heavy (non-hydrogen) atoms. The zero-order valence-electron chi connectivity index (χ0n) is 22.6. The van der Waals surface area contributed by atoms with Gasteiger partial charge in [-0.3, -0.25) is 9.78 Å². The van der Waals surface area contributed by atoms with E-state index in [1.165, 1.54) is 0 Å². The molecule has 0 aliphatic carbocycles. The van der Waals surface area contributed by atoms with Crippen LogP contribution in [0.15, 0.2) is 79.0 Å². The molecule has 0 aliphatic rings. The minimum Gasteiger partial charge on any atom is -0.494 e.